The third kappa shape index (κ3) is 3.03. The Morgan fingerprint density at radius 3 is 2.94 bits per heavy atom. The first-order valence-electron chi connectivity index (χ1n) is 6.73. The van der Waals surface area contributed by atoms with Crippen LogP contribution in [0.1, 0.15) is 37.4 Å². The number of hydrogen-bond acceptors (Lipinski definition) is 3. The van der Waals surface area contributed by atoms with Crippen molar-refractivity contribution < 1.29 is 9.84 Å². The van der Waals surface area contributed by atoms with Crippen LogP contribution in [0.4, 0.5) is 0 Å². The van der Waals surface area contributed by atoms with E-state index in [0.717, 1.165) is 37.2 Å². The lowest BCUT2D eigenvalue weighted by Crippen LogP contribution is -2.32. The highest BCUT2D eigenvalue weighted by molar-refractivity contribution is 5.37. The van der Waals surface area contributed by atoms with Crippen molar-refractivity contribution in [3.8, 4) is 5.75 Å². The highest BCUT2D eigenvalue weighted by atomic mass is 16.5. The van der Waals surface area contributed by atoms with Gasteiger partial charge in [0.15, 0.2) is 0 Å². The summed E-state index contributed by atoms with van der Waals surface area (Å²) in [6, 6.07) is 6.16. The molecule has 2 rings (SSSR count). The number of nitrogens with zero attached hydrogens (tertiary/aromatic N) is 1. The molecule has 0 spiro atoms. The number of aryl methyl sites for hydroxylation is 1. The Bertz CT molecular complexity index is 405. The summed E-state index contributed by atoms with van der Waals surface area (Å²) in [6.07, 6.45) is 1.32. The van der Waals surface area contributed by atoms with Crippen molar-refractivity contribution in [2.45, 2.75) is 39.3 Å². The van der Waals surface area contributed by atoms with Crippen LogP contribution in [0.3, 0.4) is 0 Å². The van der Waals surface area contributed by atoms with Gasteiger partial charge in [0.1, 0.15) is 5.75 Å². The molecule has 0 bridgehead atoms. The first kappa shape index (κ1) is 13.4. The van der Waals surface area contributed by atoms with E-state index < -0.39 is 0 Å². The molecule has 1 aromatic rings. The normalized spacial score (nSPS) is 23.6. The van der Waals surface area contributed by atoms with Crippen molar-refractivity contribution in [1.29, 1.82) is 0 Å². The molecule has 0 aliphatic carbocycles. The second-order valence-electron chi connectivity index (χ2n) is 5.27. The van der Waals surface area contributed by atoms with E-state index in [1.807, 2.05) is 19.1 Å². The molecule has 2 unspecified atom stereocenters. The third-order valence-electron chi connectivity index (χ3n) is 3.67. The monoisotopic (exact) mass is 249 g/mol. The van der Waals surface area contributed by atoms with Gasteiger partial charge in [-0.3, -0.25) is 4.90 Å². The van der Waals surface area contributed by atoms with Gasteiger partial charge in [-0.1, -0.05) is 12.1 Å². The summed E-state index contributed by atoms with van der Waals surface area (Å²) in [5, 5.41) is 10.1. The zero-order valence-electron chi connectivity index (χ0n) is 11.5. The first-order chi connectivity index (χ1) is 8.58. The number of hydrogen-bond donors (Lipinski definition) is 1. The standard InChI is InChI=1S/C15H23NO2/c1-11-5-6-14(15(17)9-11)13(3)16-7-4-8-18-12(2)10-16/h5-6,9,12-13,17H,4,7-8,10H2,1-3H3. The summed E-state index contributed by atoms with van der Waals surface area (Å²) in [6.45, 7) is 9.05. The molecule has 1 N–H and O–H groups in total. The Kier molecular flexibility index (Phi) is 4.25. The van der Waals surface area contributed by atoms with E-state index in [9.17, 15) is 5.11 Å². The van der Waals surface area contributed by atoms with E-state index in [2.05, 4.69) is 24.8 Å². The Hall–Kier alpha value is -1.06. The summed E-state index contributed by atoms with van der Waals surface area (Å²) >= 11 is 0. The first-order valence-corrected chi connectivity index (χ1v) is 6.73. The molecule has 2 atom stereocenters. The number of benzene rings is 1. The molecule has 1 aromatic carbocycles. The van der Waals surface area contributed by atoms with Gasteiger partial charge in [-0.25, -0.2) is 0 Å². The van der Waals surface area contributed by atoms with Gasteiger partial charge in [0.05, 0.1) is 6.10 Å². The Morgan fingerprint density at radius 2 is 2.22 bits per heavy atom. The van der Waals surface area contributed by atoms with Crippen LogP contribution in [0.25, 0.3) is 0 Å². The van der Waals surface area contributed by atoms with Crippen LogP contribution < -0.4 is 0 Å². The average molecular weight is 249 g/mol. The average Bonchev–Trinajstić information content (AvgIpc) is 2.53. The van der Waals surface area contributed by atoms with E-state index in [1.54, 1.807) is 0 Å². The number of phenolic OH excluding ortho intramolecular Hbond substituents is 1. The van der Waals surface area contributed by atoms with Gasteiger partial charge < -0.3 is 9.84 Å². The van der Waals surface area contributed by atoms with E-state index in [0.29, 0.717) is 5.75 Å². The lowest BCUT2D eigenvalue weighted by molar-refractivity contribution is 0.0618. The Labute approximate surface area is 109 Å². The molecule has 1 saturated heterocycles. The minimum Gasteiger partial charge on any atom is -0.508 e. The fraction of sp³-hybridized carbons (Fsp3) is 0.600. The van der Waals surface area contributed by atoms with Crippen molar-refractivity contribution in [2.75, 3.05) is 19.7 Å². The van der Waals surface area contributed by atoms with Gasteiger partial charge in [-0.05, 0) is 38.8 Å². The summed E-state index contributed by atoms with van der Waals surface area (Å²) in [4.78, 5) is 2.39. The number of aromatic hydroxyl groups is 1. The van der Waals surface area contributed by atoms with Crippen molar-refractivity contribution in [1.82, 2.24) is 4.90 Å². The molecule has 1 aliphatic heterocycles. The molecule has 3 heteroatoms. The lowest BCUT2D eigenvalue weighted by Gasteiger charge is -2.29. The van der Waals surface area contributed by atoms with Crippen LogP contribution in [0.15, 0.2) is 18.2 Å². The number of rotatable bonds is 2. The van der Waals surface area contributed by atoms with Crippen LogP contribution in [0.2, 0.25) is 0 Å². The minimum absolute atomic E-state index is 0.231. The SMILES string of the molecule is Cc1ccc(C(C)N2CCCOC(C)C2)c(O)c1. The van der Waals surface area contributed by atoms with E-state index in [4.69, 9.17) is 4.74 Å². The molecule has 1 fully saturated rings. The highest BCUT2D eigenvalue weighted by Crippen LogP contribution is 2.30. The van der Waals surface area contributed by atoms with Gasteiger partial charge >= 0.3 is 0 Å². The maximum absolute atomic E-state index is 10.1. The molecule has 3 nitrogen and oxygen atoms in total. The Balaban J connectivity index is 2.16. The molecule has 100 valence electrons. The van der Waals surface area contributed by atoms with Crippen molar-refractivity contribution in [3.05, 3.63) is 29.3 Å². The highest BCUT2D eigenvalue weighted by Gasteiger charge is 2.22. The topological polar surface area (TPSA) is 32.7 Å². The van der Waals surface area contributed by atoms with Gasteiger partial charge in [0.25, 0.3) is 0 Å². The van der Waals surface area contributed by atoms with Gasteiger partial charge in [0.2, 0.25) is 0 Å². The second kappa shape index (κ2) is 5.72. The fourth-order valence-corrected chi connectivity index (χ4v) is 2.58. The molecule has 1 heterocycles. The van der Waals surface area contributed by atoms with Crippen LogP contribution in [0, 0.1) is 6.92 Å². The Morgan fingerprint density at radius 1 is 1.44 bits per heavy atom. The van der Waals surface area contributed by atoms with E-state index >= 15 is 0 Å². The molecule has 18 heavy (non-hydrogen) atoms. The smallest absolute Gasteiger partial charge is 0.120 e. The zero-order valence-corrected chi connectivity index (χ0v) is 11.5. The van der Waals surface area contributed by atoms with Crippen LogP contribution in [-0.2, 0) is 4.74 Å². The summed E-state index contributed by atoms with van der Waals surface area (Å²) in [5.41, 5.74) is 2.10. The molecule has 1 aliphatic rings. The van der Waals surface area contributed by atoms with Crippen LogP contribution in [-0.4, -0.2) is 35.8 Å². The summed E-state index contributed by atoms with van der Waals surface area (Å²) in [7, 11) is 0. The number of phenols is 1. The predicted octanol–water partition coefficient (Wildman–Crippen LogP) is 2.87. The quantitative estimate of drug-likeness (QED) is 0.874. The fourth-order valence-electron chi connectivity index (χ4n) is 2.58. The zero-order chi connectivity index (χ0) is 13.1. The molecule has 0 radical (unpaired) electrons. The van der Waals surface area contributed by atoms with Crippen LogP contribution in [0.5, 0.6) is 5.75 Å². The largest absolute Gasteiger partial charge is 0.508 e. The van der Waals surface area contributed by atoms with Gasteiger partial charge in [-0.15, -0.1) is 0 Å². The lowest BCUT2D eigenvalue weighted by atomic mass is 10.0. The minimum atomic E-state index is 0.231. The maximum Gasteiger partial charge on any atom is 0.120 e. The number of ether oxygens (including phenoxy) is 1. The second-order valence-corrected chi connectivity index (χ2v) is 5.27. The summed E-state index contributed by atoms with van der Waals surface area (Å²) in [5.74, 6) is 0.403. The predicted molar refractivity (Wildman–Crippen MR) is 72.9 cm³/mol. The molecular weight excluding hydrogens is 226 g/mol. The third-order valence-corrected chi connectivity index (χ3v) is 3.67. The van der Waals surface area contributed by atoms with E-state index in [1.165, 1.54) is 0 Å². The van der Waals surface area contributed by atoms with Gasteiger partial charge in [-0.2, -0.15) is 0 Å². The van der Waals surface area contributed by atoms with E-state index in [-0.39, 0.29) is 12.1 Å². The van der Waals surface area contributed by atoms with Crippen molar-refractivity contribution in [2.24, 2.45) is 0 Å². The molecular formula is C15H23NO2. The molecule has 0 aromatic heterocycles. The summed E-state index contributed by atoms with van der Waals surface area (Å²) < 4.78 is 5.66. The molecule has 0 amide bonds. The molecule has 0 saturated carbocycles. The van der Waals surface area contributed by atoms with Gasteiger partial charge in [0, 0.05) is 31.3 Å². The maximum atomic E-state index is 10.1. The van der Waals surface area contributed by atoms with Crippen LogP contribution >= 0.6 is 0 Å². The van der Waals surface area contributed by atoms with Crippen molar-refractivity contribution in [3.63, 3.8) is 0 Å². The van der Waals surface area contributed by atoms with Crippen molar-refractivity contribution >= 4 is 0 Å².